The SMILES string of the molecule is CCCCCc1ccc(CCc2ccc3c(F)c(C=C(F)F)c(F)cc3c2)c(F)c1. The second-order valence-corrected chi connectivity index (χ2v) is 7.46. The molecule has 0 radical (unpaired) electrons. The highest BCUT2D eigenvalue weighted by molar-refractivity contribution is 5.86. The lowest BCUT2D eigenvalue weighted by molar-refractivity contribution is 0.428. The Morgan fingerprint density at radius 1 is 0.800 bits per heavy atom. The lowest BCUT2D eigenvalue weighted by atomic mass is 9.98. The van der Waals surface area contributed by atoms with Crippen LogP contribution in [0.2, 0.25) is 0 Å². The molecule has 0 aliphatic heterocycles. The lowest BCUT2D eigenvalue weighted by Gasteiger charge is -2.09. The van der Waals surface area contributed by atoms with E-state index in [0.29, 0.717) is 18.4 Å². The summed E-state index contributed by atoms with van der Waals surface area (Å²) in [6.07, 6.45) is 3.09. The summed E-state index contributed by atoms with van der Waals surface area (Å²) in [5, 5.41) is 0.348. The minimum atomic E-state index is -2.16. The molecule has 0 aliphatic carbocycles. The minimum absolute atomic E-state index is 0.0651. The predicted octanol–water partition coefficient (Wildman–Crippen LogP) is 8.01. The summed E-state index contributed by atoms with van der Waals surface area (Å²) in [7, 11) is 0. The molecular weight excluding hydrogens is 395 g/mol. The van der Waals surface area contributed by atoms with Crippen LogP contribution >= 0.6 is 0 Å². The lowest BCUT2D eigenvalue weighted by Crippen LogP contribution is -1.98. The molecule has 3 aromatic carbocycles. The van der Waals surface area contributed by atoms with E-state index >= 15 is 0 Å². The van der Waals surface area contributed by atoms with E-state index in [1.807, 2.05) is 6.07 Å². The Labute approximate surface area is 173 Å². The first-order chi connectivity index (χ1) is 14.4. The molecule has 3 aromatic rings. The first-order valence-corrected chi connectivity index (χ1v) is 10.1. The van der Waals surface area contributed by atoms with E-state index in [0.717, 1.165) is 42.9 Å². The van der Waals surface area contributed by atoms with E-state index in [4.69, 9.17) is 0 Å². The first kappa shape index (κ1) is 22.0. The average Bonchev–Trinajstić information content (AvgIpc) is 2.70. The molecule has 158 valence electrons. The fraction of sp³-hybridized carbons (Fsp3) is 0.280. The zero-order valence-corrected chi connectivity index (χ0v) is 16.8. The summed E-state index contributed by atoms with van der Waals surface area (Å²) in [6.45, 7) is 2.12. The van der Waals surface area contributed by atoms with E-state index in [1.54, 1.807) is 24.3 Å². The van der Waals surface area contributed by atoms with Crippen LogP contribution in [0.5, 0.6) is 0 Å². The number of hydrogen-bond donors (Lipinski definition) is 0. The molecule has 0 saturated heterocycles. The van der Waals surface area contributed by atoms with Gasteiger partial charge in [-0.2, -0.15) is 8.78 Å². The number of unbranched alkanes of at least 4 members (excludes halogenated alkanes) is 2. The summed E-state index contributed by atoms with van der Waals surface area (Å²) in [4.78, 5) is 0. The summed E-state index contributed by atoms with van der Waals surface area (Å²) in [5.41, 5.74) is 1.60. The highest BCUT2D eigenvalue weighted by atomic mass is 19.3. The molecule has 0 saturated carbocycles. The van der Waals surface area contributed by atoms with Crippen molar-refractivity contribution in [2.24, 2.45) is 0 Å². The molecule has 0 N–H and O–H groups in total. The van der Waals surface area contributed by atoms with Gasteiger partial charge in [-0.15, -0.1) is 0 Å². The number of halogens is 5. The van der Waals surface area contributed by atoms with E-state index < -0.39 is 23.3 Å². The van der Waals surface area contributed by atoms with Gasteiger partial charge >= 0.3 is 0 Å². The molecule has 0 bridgehead atoms. The molecular formula is C25H23F5. The van der Waals surface area contributed by atoms with Gasteiger partial charge in [0, 0.05) is 11.5 Å². The third-order valence-corrected chi connectivity index (χ3v) is 5.25. The third-order valence-electron chi connectivity index (χ3n) is 5.25. The van der Waals surface area contributed by atoms with Crippen molar-refractivity contribution in [1.29, 1.82) is 0 Å². The summed E-state index contributed by atoms with van der Waals surface area (Å²) < 4.78 is 67.7. The Morgan fingerprint density at radius 2 is 1.53 bits per heavy atom. The van der Waals surface area contributed by atoms with Gasteiger partial charge < -0.3 is 0 Å². The summed E-state index contributed by atoms with van der Waals surface area (Å²) >= 11 is 0. The van der Waals surface area contributed by atoms with Crippen molar-refractivity contribution in [3.63, 3.8) is 0 Å². The van der Waals surface area contributed by atoms with Crippen LogP contribution in [0.15, 0.2) is 48.5 Å². The molecule has 3 rings (SSSR count). The number of rotatable bonds is 8. The van der Waals surface area contributed by atoms with Crippen molar-refractivity contribution in [2.45, 2.75) is 45.4 Å². The van der Waals surface area contributed by atoms with Gasteiger partial charge in [-0.05, 0) is 59.9 Å². The Bertz CT molecular complexity index is 1060. The molecule has 0 aliphatic rings. The second kappa shape index (κ2) is 9.88. The maximum atomic E-state index is 14.4. The van der Waals surface area contributed by atoms with E-state index in [2.05, 4.69) is 6.92 Å². The summed E-state index contributed by atoms with van der Waals surface area (Å²) in [5.74, 6) is -2.31. The van der Waals surface area contributed by atoms with E-state index in [-0.39, 0.29) is 22.7 Å². The van der Waals surface area contributed by atoms with Gasteiger partial charge in [-0.1, -0.05) is 50.1 Å². The van der Waals surface area contributed by atoms with Gasteiger partial charge in [0.25, 0.3) is 6.08 Å². The van der Waals surface area contributed by atoms with Crippen LogP contribution in [0, 0.1) is 17.5 Å². The monoisotopic (exact) mass is 418 g/mol. The van der Waals surface area contributed by atoms with Gasteiger partial charge in [0.1, 0.15) is 17.5 Å². The van der Waals surface area contributed by atoms with Crippen molar-refractivity contribution in [3.05, 3.63) is 88.3 Å². The maximum absolute atomic E-state index is 14.4. The quantitative estimate of drug-likeness (QED) is 0.257. The molecule has 0 spiro atoms. The number of aryl methyl sites for hydroxylation is 3. The molecule has 0 unspecified atom stereocenters. The standard InChI is InChI=1S/C25H23F5/c1-2-3-4-5-16-6-9-18(22(26)13-16)10-7-17-8-11-20-19(12-17)14-23(27)21(25(20)30)15-24(28)29/h6,8-9,11-15H,2-5,7,10H2,1H3. The van der Waals surface area contributed by atoms with Crippen LogP contribution in [0.25, 0.3) is 16.8 Å². The largest absolute Gasteiger partial charge is 0.271 e. The van der Waals surface area contributed by atoms with E-state index in [9.17, 15) is 22.0 Å². The zero-order valence-electron chi connectivity index (χ0n) is 16.8. The topological polar surface area (TPSA) is 0 Å². The Balaban J connectivity index is 1.76. The van der Waals surface area contributed by atoms with Gasteiger partial charge in [0.05, 0.1) is 5.56 Å². The Kier molecular flexibility index (Phi) is 7.24. The third kappa shape index (κ3) is 5.26. The van der Waals surface area contributed by atoms with Crippen LogP contribution in [0.4, 0.5) is 22.0 Å². The molecule has 0 aromatic heterocycles. The molecule has 0 fully saturated rings. The smallest absolute Gasteiger partial charge is 0.207 e. The Hall–Kier alpha value is -2.69. The maximum Gasteiger partial charge on any atom is 0.271 e. The second-order valence-electron chi connectivity index (χ2n) is 7.46. The molecule has 30 heavy (non-hydrogen) atoms. The number of benzene rings is 3. The van der Waals surface area contributed by atoms with Crippen molar-refractivity contribution in [2.75, 3.05) is 0 Å². The highest BCUT2D eigenvalue weighted by Crippen LogP contribution is 2.27. The molecule has 0 heterocycles. The van der Waals surface area contributed by atoms with Crippen LogP contribution in [0.3, 0.4) is 0 Å². The highest BCUT2D eigenvalue weighted by Gasteiger charge is 2.14. The molecule has 0 amide bonds. The zero-order chi connectivity index (χ0) is 21.7. The molecule has 0 atom stereocenters. The van der Waals surface area contributed by atoms with Gasteiger partial charge in [-0.3, -0.25) is 0 Å². The normalized spacial score (nSPS) is 11.1. The van der Waals surface area contributed by atoms with Crippen molar-refractivity contribution < 1.29 is 22.0 Å². The van der Waals surface area contributed by atoms with Crippen molar-refractivity contribution in [3.8, 4) is 0 Å². The van der Waals surface area contributed by atoms with Crippen LogP contribution in [0.1, 0.15) is 48.4 Å². The van der Waals surface area contributed by atoms with E-state index in [1.165, 1.54) is 6.07 Å². The molecule has 5 heteroatoms. The molecule has 0 nitrogen and oxygen atoms in total. The predicted molar refractivity (Wildman–Crippen MR) is 111 cm³/mol. The Morgan fingerprint density at radius 3 is 2.23 bits per heavy atom. The van der Waals surface area contributed by atoms with Crippen LogP contribution in [-0.2, 0) is 19.3 Å². The minimum Gasteiger partial charge on any atom is -0.207 e. The van der Waals surface area contributed by atoms with Crippen LogP contribution < -0.4 is 0 Å². The van der Waals surface area contributed by atoms with Gasteiger partial charge in [0.15, 0.2) is 0 Å². The number of fused-ring (bicyclic) bond motifs is 1. The number of hydrogen-bond acceptors (Lipinski definition) is 0. The van der Waals surface area contributed by atoms with Gasteiger partial charge in [-0.25, -0.2) is 13.2 Å². The van der Waals surface area contributed by atoms with Crippen molar-refractivity contribution in [1.82, 2.24) is 0 Å². The fourth-order valence-electron chi connectivity index (χ4n) is 3.60. The average molecular weight is 418 g/mol. The van der Waals surface area contributed by atoms with Gasteiger partial charge in [0.2, 0.25) is 0 Å². The first-order valence-electron chi connectivity index (χ1n) is 10.1. The summed E-state index contributed by atoms with van der Waals surface area (Å²) in [6, 6.07) is 11.1. The van der Waals surface area contributed by atoms with Crippen LogP contribution in [-0.4, -0.2) is 0 Å². The van der Waals surface area contributed by atoms with Crippen molar-refractivity contribution >= 4 is 16.8 Å². The fourth-order valence-corrected chi connectivity index (χ4v) is 3.60.